The number of nitrogen functional groups attached to an aromatic ring is 1. The predicted octanol–water partition coefficient (Wildman–Crippen LogP) is 3.83. The van der Waals surface area contributed by atoms with Gasteiger partial charge in [0, 0.05) is 73.3 Å². The first-order chi connectivity index (χ1) is 15.9. The van der Waals surface area contributed by atoms with Crippen LogP contribution < -0.4 is 10.5 Å². The lowest BCUT2D eigenvalue weighted by molar-refractivity contribution is -0.274. The molecule has 3 atom stereocenters. The molecular weight excluding hydrogens is 445 g/mol. The van der Waals surface area contributed by atoms with Crippen molar-refractivity contribution in [3.05, 3.63) is 17.8 Å². The summed E-state index contributed by atoms with van der Waals surface area (Å²) in [4.78, 5) is 13.7. The minimum Gasteiger partial charge on any atom is -0.402 e. The summed E-state index contributed by atoms with van der Waals surface area (Å²) in [6.45, 7) is 9.64. The van der Waals surface area contributed by atoms with E-state index in [0.29, 0.717) is 36.3 Å². The fraction of sp³-hybridized carbons (Fsp3) is 0.708. The van der Waals surface area contributed by atoms with Gasteiger partial charge in [-0.2, -0.15) is 0 Å². The van der Waals surface area contributed by atoms with Crippen LogP contribution in [0.1, 0.15) is 45.6 Å². The largest absolute Gasteiger partial charge is 0.573 e. The molecule has 10 heteroatoms. The van der Waals surface area contributed by atoms with Crippen molar-refractivity contribution in [2.45, 2.75) is 64.5 Å². The third kappa shape index (κ3) is 5.54. The highest BCUT2D eigenvalue weighted by molar-refractivity contribution is 6.12. The Kier molecular flexibility index (Phi) is 6.92. The number of pyridine rings is 1. The fourth-order valence-corrected chi connectivity index (χ4v) is 5.96. The van der Waals surface area contributed by atoms with E-state index in [2.05, 4.69) is 33.5 Å². The average Bonchev–Trinajstić information content (AvgIpc) is 3.21. The van der Waals surface area contributed by atoms with Gasteiger partial charge in [-0.25, -0.2) is 4.98 Å². The molecule has 1 saturated heterocycles. The van der Waals surface area contributed by atoms with Gasteiger partial charge in [0.25, 0.3) is 0 Å². The number of ether oxygens (including phenoxy) is 1. The van der Waals surface area contributed by atoms with Gasteiger partial charge in [0.2, 0.25) is 0 Å². The van der Waals surface area contributed by atoms with Crippen molar-refractivity contribution in [1.29, 1.82) is 5.41 Å². The van der Waals surface area contributed by atoms with Gasteiger partial charge >= 0.3 is 6.36 Å². The lowest BCUT2D eigenvalue weighted by Gasteiger charge is -2.42. The summed E-state index contributed by atoms with van der Waals surface area (Å²) < 4.78 is 42.0. The maximum atomic E-state index is 12.7. The first kappa shape index (κ1) is 24.9. The summed E-state index contributed by atoms with van der Waals surface area (Å²) in [7, 11) is 2.17. The number of likely N-dealkylation sites (N-methyl/N-ethyl adjacent to an activating group) is 1. The second-order valence-corrected chi connectivity index (χ2v) is 10.4. The van der Waals surface area contributed by atoms with Gasteiger partial charge < -0.3 is 20.8 Å². The number of fused-ring (bicyclic) bond motifs is 1. The van der Waals surface area contributed by atoms with E-state index in [1.165, 1.54) is 6.20 Å². The Hall–Kier alpha value is -2.20. The number of nitrogens with two attached hydrogens (primary N) is 1. The molecule has 7 nitrogen and oxygen atoms in total. The maximum Gasteiger partial charge on any atom is 0.573 e. The van der Waals surface area contributed by atoms with Gasteiger partial charge in [-0.3, -0.25) is 9.89 Å². The molecule has 2 saturated carbocycles. The van der Waals surface area contributed by atoms with Gasteiger partial charge in [-0.15, -0.1) is 13.2 Å². The summed E-state index contributed by atoms with van der Waals surface area (Å²) in [5.41, 5.74) is 6.96. The number of halogens is 3. The second kappa shape index (κ2) is 9.45. The molecule has 3 aliphatic rings. The Balaban J connectivity index is 1.42. The minimum atomic E-state index is -4.87. The van der Waals surface area contributed by atoms with E-state index in [-0.39, 0.29) is 23.1 Å². The molecule has 1 aliphatic heterocycles. The molecule has 0 aromatic carbocycles. The Morgan fingerprint density at radius 2 is 1.97 bits per heavy atom. The fourth-order valence-electron chi connectivity index (χ4n) is 5.96. The third-order valence-electron chi connectivity index (χ3n) is 7.39. The van der Waals surface area contributed by atoms with Crippen LogP contribution in [0.3, 0.4) is 0 Å². The number of rotatable bonds is 7. The van der Waals surface area contributed by atoms with Gasteiger partial charge in [-0.05, 0) is 58.6 Å². The van der Waals surface area contributed by atoms with Crippen molar-refractivity contribution in [1.82, 2.24) is 14.8 Å². The van der Waals surface area contributed by atoms with E-state index in [1.807, 2.05) is 13.8 Å². The zero-order valence-electron chi connectivity index (χ0n) is 20.3. The van der Waals surface area contributed by atoms with Crippen molar-refractivity contribution >= 4 is 17.2 Å². The Morgan fingerprint density at radius 1 is 1.29 bits per heavy atom. The highest BCUT2D eigenvalue weighted by Gasteiger charge is 2.59. The van der Waals surface area contributed by atoms with Crippen LogP contribution in [-0.4, -0.2) is 77.4 Å². The smallest absolute Gasteiger partial charge is 0.402 e. The number of alkyl halides is 3. The molecule has 3 fully saturated rings. The molecule has 2 aliphatic carbocycles. The molecule has 0 spiro atoms. The van der Waals surface area contributed by atoms with Crippen LogP contribution in [0, 0.1) is 23.2 Å². The SMILES string of the molecule is CC(C)N=C(CC(=N)c1cnc(N)c(OC(F)(F)F)c1)C1C2CC(N3CCN(C)CC3C)CC21. The van der Waals surface area contributed by atoms with Gasteiger partial charge in [0.05, 0.1) is 0 Å². The van der Waals surface area contributed by atoms with E-state index in [1.54, 1.807) is 0 Å². The minimum absolute atomic E-state index is 0.0891. The molecule has 0 radical (unpaired) electrons. The van der Waals surface area contributed by atoms with Gasteiger partial charge in [0.15, 0.2) is 11.6 Å². The van der Waals surface area contributed by atoms with Gasteiger partial charge in [0.1, 0.15) is 0 Å². The van der Waals surface area contributed by atoms with E-state index < -0.39 is 12.1 Å². The number of nitrogens with zero attached hydrogens (tertiary/aromatic N) is 4. The standard InChI is InChI=1S/C24H35F3N6O/c1-13(2)31-20(10-19(28)15-7-21(23(29)30-11-15)34-24(25,26)27)22-17-8-16(9-18(17)22)33-6-5-32(4)12-14(33)3/h7,11,13-14,16-18,22,28H,5-6,8-10,12H2,1-4H3,(H2,29,30). The predicted molar refractivity (Wildman–Crippen MR) is 127 cm³/mol. The number of hydrogen-bond donors (Lipinski definition) is 2. The van der Waals surface area contributed by atoms with Crippen LogP contribution in [0.15, 0.2) is 17.3 Å². The lowest BCUT2D eigenvalue weighted by Crippen LogP contribution is -2.54. The molecular formula is C24H35F3N6O. The second-order valence-electron chi connectivity index (χ2n) is 10.4. The maximum absolute atomic E-state index is 12.7. The van der Waals surface area contributed by atoms with E-state index in [4.69, 9.17) is 16.1 Å². The van der Waals surface area contributed by atoms with Crippen molar-refractivity contribution in [2.24, 2.45) is 22.7 Å². The Bertz CT molecular complexity index is 937. The number of piperazine rings is 1. The molecule has 3 N–H and O–H groups in total. The van der Waals surface area contributed by atoms with E-state index >= 15 is 0 Å². The zero-order chi connectivity index (χ0) is 24.8. The van der Waals surface area contributed by atoms with Crippen LogP contribution in [0.5, 0.6) is 5.75 Å². The molecule has 188 valence electrons. The first-order valence-electron chi connectivity index (χ1n) is 12.0. The van der Waals surface area contributed by atoms with Crippen molar-refractivity contribution < 1.29 is 17.9 Å². The number of aromatic nitrogens is 1. The summed E-state index contributed by atoms with van der Waals surface area (Å²) in [6, 6.07) is 2.40. The topological polar surface area (TPSA) is 90.8 Å². The van der Waals surface area contributed by atoms with Crippen LogP contribution in [0.2, 0.25) is 0 Å². The number of nitrogens with one attached hydrogen (secondary N) is 1. The van der Waals surface area contributed by atoms with Gasteiger partial charge in [-0.1, -0.05) is 0 Å². The van der Waals surface area contributed by atoms with Crippen LogP contribution in [0.25, 0.3) is 0 Å². The number of aliphatic imine (C=N–C) groups is 1. The zero-order valence-corrected chi connectivity index (χ0v) is 20.3. The molecule has 0 amide bonds. The molecule has 1 aromatic rings. The summed E-state index contributed by atoms with van der Waals surface area (Å²) in [6.07, 6.45) is -0.944. The van der Waals surface area contributed by atoms with E-state index in [0.717, 1.165) is 44.3 Å². The summed E-state index contributed by atoms with van der Waals surface area (Å²) >= 11 is 0. The Labute approximate surface area is 199 Å². The van der Waals surface area contributed by atoms with E-state index in [9.17, 15) is 13.2 Å². The van der Waals surface area contributed by atoms with Crippen molar-refractivity contribution in [3.8, 4) is 5.75 Å². The first-order valence-corrected chi connectivity index (χ1v) is 12.0. The van der Waals surface area contributed by atoms with Crippen molar-refractivity contribution in [2.75, 3.05) is 32.4 Å². The highest BCUT2D eigenvalue weighted by Crippen LogP contribution is 2.59. The number of hydrogen-bond acceptors (Lipinski definition) is 7. The summed E-state index contributed by atoms with van der Waals surface area (Å²) in [5.74, 6) is 0.580. The monoisotopic (exact) mass is 480 g/mol. The molecule has 3 unspecified atom stereocenters. The quantitative estimate of drug-likeness (QED) is 0.579. The average molecular weight is 481 g/mol. The highest BCUT2D eigenvalue weighted by atomic mass is 19.4. The lowest BCUT2D eigenvalue weighted by atomic mass is 9.96. The third-order valence-corrected chi connectivity index (χ3v) is 7.39. The normalized spacial score (nSPS) is 30.5. The molecule has 0 bridgehead atoms. The molecule has 1 aromatic heterocycles. The van der Waals surface area contributed by atoms with Crippen LogP contribution in [-0.2, 0) is 0 Å². The molecule has 34 heavy (non-hydrogen) atoms. The molecule has 4 rings (SSSR count). The Morgan fingerprint density at radius 3 is 2.56 bits per heavy atom. The summed E-state index contributed by atoms with van der Waals surface area (Å²) in [5, 5.41) is 8.56. The van der Waals surface area contributed by atoms with Crippen LogP contribution in [0.4, 0.5) is 19.0 Å². The van der Waals surface area contributed by atoms with Crippen LogP contribution >= 0.6 is 0 Å². The van der Waals surface area contributed by atoms with Crippen molar-refractivity contribution in [3.63, 3.8) is 0 Å². The molecule has 2 heterocycles. The number of anilines is 1.